The van der Waals surface area contributed by atoms with E-state index in [1.165, 1.54) is 7.11 Å². The van der Waals surface area contributed by atoms with Crippen LogP contribution in [-0.2, 0) is 14.3 Å². The molecule has 1 amide bonds. The molecule has 0 aromatic heterocycles. The van der Waals surface area contributed by atoms with E-state index in [2.05, 4.69) is 15.4 Å². The Morgan fingerprint density at radius 3 is 2.25 bits per heavy atom. The van der Waals surface area contributed by atoms with Crippen molar-refractivity contribution in [3.63, 3.8) is 0 Å². The van der Waals surface area contributed by atoms with Crippen LogP contribution in [0.4, 0.5) is 0 Å². The number of hydrogen-bond acceptors (Lipinski definition) is 5. The summed E-state index contributed by atoms with van der Waals surface area (Å²) in [6.45, 7) is 2.57. The van der Waals surface area contributed by atoms with Gasteiger partial charge in [-0.05, 0) is 26.4 Å². The first kappa shape index (κ1) is 14.9. The average Bonchev–Trinajstić information content (AvgIpc) is 2.27. The summed E-state index contributed by atoms with van der Waals surface area (Å²) >= 11 is 0. The van der Waals surface area contributed by atoms with Crippen molar-refractivity contribution in [3.05, 3.63) is 0 Å². The summed E-state index contributed by atoms with van der Waals surface area (Å²) < 4.78 is 4.65. The van der Waals surface area contributed by atoms with Crippen LogP contribution in [0.1, 0.15) is 19.8 Å². The van der Waals surface area contributed by atoms with Crippen LogP contribution >= 0.6 is 0 Å². The maximum absolute atomic E-state index is 11.4. The van der Waals surface area contributed by atoms with Crippen LogP contribution in [0.25, 0.3) is 0 Å². The number of amides is 1. The number of nitrogens with two attached hydrogens (primary N) is 1. The lowest BCUT2D eigenvalue weighted by molar-refractivity contribution is -0.143. The Kier molecular flexibility index (Phi) is 7.49. The number of primary amides is 1. The highest BCUT2D eigenvalue weighted by Gasteiger charge is 2.21. The van der Waals surface area contributed by atoms with Gasteiger partial charge in [-0.3, -0.25) is 9.59 Å². The van der Waals surface area contributed by atoms with E-state index in [9.17, 15) is 9.59 Å². The lowest BCUT2D eigenvalue weighted by Gasteiger charge is -2.18. The van der Waals surface area contributed by atoms with E-state index >= 15 is 0 Å². The van der Waals surface area contributed by atoms with Crippen molar-refractivity contribution >= 4 is 11.9 Å². The van der Waals surface area contributed by atoms with Crippen molar-refractivity contribution in [1.82, 2.24) is 10.6 Å². The maximum atomic E-state index is 11.4. The van der Waals surface area contributed by atoms with Gasteiger partial charge in [-0.2, -0.15) is 0 Å². The monoisotopic (exact) mass is 231 g/mol. The van der Waals surface area contributed by atoms with E-state index in [0.717, 1.165) is 0 Å². The maximum Gasteiger partial charge on any atom is 0.322 e. The van der Waals surface area contributed by atoms with Gasteiger partial charge in [-0.25, -0.2) is 0 Å². The predicted octanol–water partition coefficient (Wildman–Crippen LogP) is -1.01. The Bertz CT molecular complexity index is 233. The van der Waals surface area contributed by atoms with E-state index < -0.39 is 11.9 Å². The molecular formula is C10H21N3O3. The molecule has 0 bridgehead atoms. The van der Waals surface area contributed by atoms with Gasteiger partial charge < -0.3 is 21.1 Å². The molecule has 0 aromatic carbocycles. The number of nitrogens with one attached hydrogen (secondary N) is 2. The van der Waals surface area contributed by atoms with Crippen molar-refractivity contribution in [2.45, 2.75) is 31.8 Å². The van der Waals surface area contributed by atoms with Gasteiger partial charge in [0.1, 0.15) is 6.04 Å². The van der Waals surface area contributed by atoms with Crippen molar-refractivity contribution in [2.75, 3.05) is 20.7 Å². The Morgan fingerprint density at radius 1 is 1.31 bits per heavy atom. The van der Waals surface area contributed by atoms with Crippen LogP contribution < -0.4 is 16.4 Å². The Labute approximate surface area is 95.9 Å². The number of hydrogen-bond donors (Lipinski definition) is 3. The normalized spacial score (nSPS) is 14.2. The molecule has 4 N–H and O–H groups in total. The third-order valence-electron chi connectivity index (χ3n) is 2.37. The highest BCUT2D eigenvalue weighted by Crippen LogP contribution is 2.03. The minimum absolute atomic E-state index is 0.318. The molecule has 2 atom stereocenters. The Morgan fingerprint density at radius 2 is 1.88 bits per heavy atom. The molecule has 16 heavy (non-hydrogen) atoms. The summed E-state index contributed by atoms with van der Waals surface area (Å²) in [6, 6.07) is -0.795. The third kappa shape index (κ3) is 5.09. The number of rotatable bonds is 8. The van der Waals surface area contributed by atoms with Crippen molar-refractivity contribution in [3.8, 4) is 0 Å². The molecular weight excluding hydrogens is 210 g/mol. The number of esters is 1. The molecule has 0 saturated heterocycles. The van der Waals surface area contributed by atoms with Crippen LogP contribution in [-0.4, -0.2) is 44.7 Å². The van der Waals surface area contributed by atoms with Gasteiger partial charge >= 0.3 is 5.97 Å². The first-order chi connectivity index (χ1) is 7.56. The number of carbonyl (C=O) groups is 2. The molecule has 2 unspecified atom stereocenters. The molecule has 0 aromatic rings. The molecule has 0 spiro atoms. The van der Waals surface area contributed by atoms with Gasteiger partial charge in [-0.1, -0.05) is 6.92 Å². The Hall–Kier alpha value is -1.14. The van der Waals surface area contributed by atoms with Gasteiger partial charge in [0.2, 0.25) is 5.91 Å². The molecule has 0 aliphatic carbocycles. The molecule has 94 valence electrons. The smallest absolute Gasteiger partial charge is 0.322 e. The fourth-order valence-corrected chi connectivity index (χ4v) is 1.45. The zero-order valence-electron chi connectivity index (χ0n) is 10.1. The van der Waals surface area contributed by atoms with E-state index in [1.54, 1.807) is 7.05 Å². The number of methoxy groups -OCH3 is 1. The van der Waals surface area contributed by atoms with E-state index in [0.29, 0.717) is 19.4 Å². The summed E-state index contributed by atoms with van der Waals surface area (Å²) in [6.07, 6.45) is 1.01. The van der Waals surface area contributed by atoms with Gasteiger partial charge in [0.05, 0.1) is 13.2 Å². The minimum atomic E-state index is -0.414. The lowest BCUT2D eigenvalue weighted by Crippen LogP contribution is -2.43. The highest BCUT2D eigenvalue weighted by molar-refractivity contribution is 5.80. The second kappa shape index (κ2) is 8.06. The van der Waals surface area contributed by atoms with Crippen LogP contribution in [0.15, 0.2) is 0 Å². The summed E-state index contributed by atoms with van der Waals surface area (Å²) in [5, 5.41) is 5.80. The van der Waals surface area contributed by atoms with E-state index in [-0.39, 0.29) is 12.0 Å². The zero-order chi connectivity index (χ0) is 12.6. The summed E-state index contributed by atoms with van der Waals surface area (Å²) in [5.41, 5.74) is 5.18. The van der Waals surface area contributed by atoms with Crippen LogP contribution in [0.5, 0.6) is 0 Å². The second-order valence-electron chi connectivity index (χ2n) is 3.45. The molecule has 0 heterocycles. The highest BCUT2D eigenvalue weighted by atomic mass is 16.5. The average molecular weight is 231 g/mol. The van der Waals surface area contributed by atoms with Crippen molar-refractivity contribution in [1.29, 1.82) is 0 Å². The molecule has 0 rings (SSSR count). The third-order valence-corrected chi connectivity index (χ3v) is 2.37. The van der Waals surface area contributed by atoms with Crippen LogP contribution in [0.3, 0.4) is 0 Å². The molecule has 0 aliphatic rings. The fourth-order valence-electron chi connectivity index (χ4n) is 1.45. The van der Waals surface area contributed by atoms with Gasteiger partial charge in [0.25, 0.3) is 0 Å². The summed E-state index contributed by atoms with van der Waals surface area (Å²) in [7, 11) is 3.01. The first-order valence-electron chi connectivity index (χ1n) is 5.34. The molecule has 0 aliphatic heterocycles. The largest absolute Gasteiger partial charge is 0.468 e. The van der Waals surface area contributed by atoms with E-state index in [1.807, 2.05) is 6.92 Å². The molecule has 6 nitrogen and oxygen atoms in total. The standard InChI is InChI=1S/C10H21N3O3/c1-4-13-8(10(15)16-3)6-5-7(12-2)9(11)14/h7-8,12-13H,4-6H2,1-3H3,(H2,11,14). The van der Waals surface area contributed by atoms with Crippen LogP contribution in [0.2, 0.25) is 0 Å². The Balaban J connectivity index is 4.19. The molecule has 0 radical (unpaired) electrons. The number of carbonyl (C=O) groups excluding carboxylic acids is 2. The van der Waals surface area contributed by atoms with Crippen LogP contribution in [0, 0.1) is 0 Å². The summed E-state index contributed by atoms with van der Waals surface area (Å²) in [4.78, 5) is 22.3. The topological polar surface area (TPSA) is 93.5 Å². The first-order valence-corrected chi connectivity index (χ1v) is 5.34. The predicted molar refractivity (Wildman–Crippen MR) is 60.8 cm³/mol. The lowest BCUT2D eigenvalue weighted by atomic mass is 10.1. The van der Waals surface area contributed by atoms with Crippen molar-refractivity contribution in [2.24, 2.45) is 5.73 Å². The number of ether oxygens (including phenoxy) is 1. The van der Waals surface area contributed by atoms with Gasteiger partial charge in [-0.15, -0.1) is 0 Å². The zero-order valence-corrected chi connectivity index (χ0v) is 10.1. The van der Waals surface area contributed by atoms with Gasteiger partial charge in [0, 0.05) is 0 Å². The quantitative estimate of drug-likeness (QED) is 0.465. The SMILES string of the molecule is CCNC(CCC(NC)C(N)=O)C(=O)OC. The number of likely N-dealkylation sites (N-methyl/N-ethyl adjacent to an activating group) is 2. The van der Waals surface area contributed by atoms with Gasteiger partial charge in [0.15, 0.2) is 0 Å². The molecule has 6 heteroatoms. The molecule has 0 saturated carbocycles. The van der Waals surface area contributed by atoms with E-state index in [4.69, 9.17) is 5.73 Å². The molecule has 0 fully saturated rings. The fraction of sp³-hybridized carbons (Fsp3) is 0.800. The van der Waals surface area contributed by atoms with Crippen molar-refractivity contribution < 1.29 is 14.3 Å². The minimum Gasteiger partial charge on any atom is -0.468 e. The summed E-state index contributed by atoms with van der Waals surface area (Å²) in [5.74, 6) is -0.733. The second-order valence-corrected chi connectivity index (χ2v) is 3.45.